The molecule has 3 heterocycles. The van der Waals surface area contributed by atoms with Crippen molar-refractivity contribution in [2.75, 3.05) is 20.2 Å². The zero-order valence-corrected chi connectivity index (χ0v) is 18.7. The van der Waals surface area contributed by atoms with Crippen molar-refractivity contribution < 1.29 is 9.90 Å². The lowest BCUT2D eigenvalue weighted by Gasteiger charge is -2.35. The molecule has 0 aliphatic carbocycles. The standard InChI is InChI=1S/C27H29N3O3/c1-29-23-16-30-22(13-12-20(27(30)33)19-10-6-3-7-11-19)25(29)24(21(23)17-31)26(32)28-15-14-18-8-4-2-5-9-18/h2-13,21,23-25,31H,14-17H2,1H3,(H,28,32)/t21-,23-,24+,25+/m0/s1. The van der Waals surface area contributed by atoms with Crippen LogP contribution in [0.2, 0.25) is 0 Å². The Balaban J connectivity index is 1.43. The number of rotatable bonds is 6. The summed E-state index contributed by atoms with van der Waals surface area (Å²) >= 11 is 0. The zero-order valence-electron chi connectivity index (χ0n) is 18.7. The maximum atomic E-state index is 13.4. The number of nitrogens with one attached hydrogen (secondary N) is 1. The molecule has 6 heteroatoms. The quantitative estimate of drug-likeness (QED) is 0.614. The first-order valence-corrected chi connectivity index (χ1v) is 11.5. The number of amides is 1. The maximum Gasteiger partial charge on any atom is 0.258 e. The zero-order chi connectivity index (χ0) is 22.9. The van der Waals surface area contributed by atoms with Gasteiger partial charge in [-0.1, -0.05) is 60.7 Å². The number of aliphatic hydroxyl groups excluding tert-OH is 1. The molecule has 6 nitrogen and oxygen atoms in total. The van der Waals surface area contributed by atoms with Crippen LogP contribution in [0.3, 0.4) is 0 Å². The van der Waals surface area contributed by atoms with Crippen molar-refractivity contribution in [3.63, 3.8) is 0 Å². The molecular weight excluding hydrogens is 414 g/mol. The summed E-state index contributed by atoms with van der Waals surface area (Å²) in [5.74, 6) is -0.690. The predicted molar refractivity (Wildman–Crippen MR) is 128 cm³/mol. The van der Waals surface area contributed by atoms with E-state index in [0.717, 1.165) is 17.7 Å². The van der Waals surface area contributed by atoms with Gasteiger partial charge in [0.15, 0.2) is 0 Å². The molecule has 2 bridgehead atoms. The van der Waals surface area contributed by atoms with E-state index < -0.39 is 5.92 Å². The van der Waals surface area contributed by atoms with Crippen LogP contribution in [0.5, 0.6) is 0 Å². The van der Waals surface area contributed by atoms with Gasteiger partial charge >= 0.3 is 0 Å². The van der Waals surface area contributed by atoms with Crippen LogP contribution >= 0.6 is 0 Å². The van der Waals surface area contributed by atoms with Gasteiger partial charge in [0, 0.05) is 42.9 Å². The second kappa shape index (κ2) is 8.96. The summed E-state index contributed by atoms with van der Waals surface area (Å²) in [6.07, 6.45) is 0.753. The first kappa shape index (κ1) is 21.6. The van der Waals surface area contributed by atoms with Crippen LogP contribution in [-0.4, -0.2) is 46.7 Å². The second-order valence-corrected chi connectivity index (χ2v) is 9.03. The van der Waals surface area contributed by atoms with Gasteiger partial charge in [0.25, 0.3) is 5.56 Å². The van der Waals surface area contributed by atoms with Crippen LogP contribution in [0.15, 0.2) is 77.6 Å². The largest absolute Gasteiger partial charge is 0.396 e. The summed E-state index contributed by atoms with van der Waals surface area (Å²) in [4.78, 5) is 28.9. The smallest absolute Gasteiger partial charge is 0.258 e. The number of fused-ring (bicyclic) bond motifs is 4. The van der Waals surface area contributed by atoms with Crippen molar-refractivity contribution in [1.29, 1.82) is 0 Å². The number of carbonyl (C=O) groups is 1. The minimum absolute atomic E-state index is 0.0383. The highest BCUT2D eigenvalue weighted by Gasteiger charge is 2.54. The monoisotopic (exact) mass is 443 g/mol. The lowest BCUT2D eigenvalue weighted by atomic mass is 9.86. The summed E-state index contributed by atoms with van der Waals surface area (Å²) in [5.41, 5.74) is 3.52. The van der Waals surface area contributed by atoms with Gasteiger partial charge in [-0.15, -0.1) is 0 Å². The fourth-order valence-electron chi connectivity index (χ4n) is 5.62. The Kier molecular flexibility index (Phi) is 5.87. The lowest BCUT2D eigenvalue weighted by molar-refractivity contribution is -0.127. The number of benzene rings is 2. The molecule has 2 aliphatic heterocycles. The first-order chi connectivity index (χ1) is 16.1. The Hall–Kier alpha value is -3.22. The Morgan fingerprint density at radius 1 is 1.03 bits per heavy atom. The molecule has 33 heavy (non-hydrogen) atoms. The minimum Gasteiger partial charge on any atom is -0.396 e. The van der Waals surface area contributed by atoms with Crippen molar-refractivity contribution >= 4 is 5.91 Å². The number of hydrogen-bond donors (Lipinski definition) is 2. The summed E-state index contributed by atoms with van der Waals surface area (Å²) in [5, 5.41) is 13.3. The van der Waals surface area contributed by atoms with E-state index in [2.05, 4.69) is 10.2 Å². The van der Waals surface area contributed by atoms with E-state index >= 15 is 0 Å². The molecule has 1 amide bonds. The third-order valence-corrected chi connectivity index (χ3v) is 7.29. The molecule has 2 aromatic carbocycles. The van der Waals surface area contributed by atoms with E-state index in [-0.39, 0.29) is 36.1 Å². The average Bonchev–Trinajstić information content (AvgIpc) is 3.02. The van der Waals surface area contributed by atoms with Gasteiger partial charge in [0.05, 0.1) is 12.0 Å². The summed E-state index contributed by atoms with van der Waals surface area (Å²) in [7, 11) is 1.99. The van der Waals surface area contributed by atoms with E-state index in [1.807, 2.05) is 84.4 Å². The van der Waals surface area contributed by atoms with E-state index in [1.54, 1.807) is 0 Å². The molecule has 1 saturated heterocycles. The Labute approximate surface area is 193 Å². The Bertz CT molecular complexity index is 1190. The first-order valence-electron chi connectivity index (χ1n) is 11.5. The molecule has 0 spiro atoms. The number of hydrogen-bond acceptors (Lipinski definition) is 4. The van der Waals surface area contributed by atoms with Gasteiger partial charge < -0.3 is 15.0 Å². The maximum absolute atomic E-state index is 13.4. The highest BCUT2D eigenvalue weighted by Crippen LogP contribution is 2.47. The molecule has 0 saturated carbocycles. The molecule has 0 unspecified atom stereocenters. The summed E-state index contributed by atoms with van der Waals surface area (Å²) < 4.78 is 1.82. The number of nitrogens with zero attached hydrogens (tertiary/aromatic N) is 2. The number of carbonyl (C=O) groups excluding carboxylic acids is 1. The molecule has 1 fully saturated rings. The van der Waals surface area contributed by atoms with Gasteiger partial charge in [0.2, 0.25) is 5.91 Å². The Morgan fingerprint density at radius 3 is 2.42 bits per heavy atom. The molecule has 5 rings (SSSR count). The molecule has 2 N–H and O–H groups in total. The van der Waals surface area contributed by atoms with E-state index in [4.69, 9.17) is 0 Å². The van der Waals surface area contributed by atoms with Crippen molar-refractivity contribution in [1.82, 2.24) is 14.8 Å². The minimum atomic E-state index is -0.406. The van der Waals surface area contributed by atoms with Crippen LogP contribution in [0, 0.1) is 11.8 Å². The number of likely N-dealkylation sites (N-methyl/N-ethyl adjacent to an activating group) is 1. The van der Waals surface area contributed by atoms with Gasteiger partial charge in [-0.05, 0) is 36.7 Å². The third kappa shape index (κ3) is 3.79. The molecular formula is C27H29N3O3. The van der Waals surface area contributed by atoms with Crippen LogP contribution in [0.4, 0.5) is 0 Å². The van der Waals surface area contributed by atoms with Crippen LogP contribution in [-0.2, 0) is 17.8 Å². The van der Waals surface area contributed by atoms with Crippen LogP contribution < -0.4 is 10.9 Å². The fourth-order valence-corrected chi connectivity index (χ4v) is 5.62. The van der Waals surface area contributed by atoms with Crippen molar-refractivity contribution in [3.8, 4) is 11.1 Å². The fraction of sp³-hybridized carbons (Fsp3) is 0.333. The highest BCUT2D eigenvalue weighted by atomic mass is 16.3. The number of aromatic nitrogens is 1. The molecule has 4 atom stereocenters. The normalized spacial score (nSPS) is 23.8. The van der Waals surface area contributed by atoms with Crippen LogP contribution in [0.25, 0.3) is 11.1 Å². The summed E-state index contributed by atoms with van der Waals surface area (Å²) in [6.45, 7) is 0.926. The topological polar surface area (TPSA) is 74.6 Å². The van der Waals surface area contributed by atoms with Crippen molar-refractivity contribution in [3.05, 3.63) is 94.4 Å². The number of aliphatic hydroxyl groups is 1. The van der Waals surface area contributed by atoms with Gasteiger partial charge in [-0.3, -0.25) is 14.5 Å². The Morgan fingerprint density at radius 2 is 1.73 bits per heavy atom. The molecule has 0 radical (unpaired) electrons. The van der Waals surface area contributed by atoms with Crippen LogP contribution in [0.1, 0.15) is 17.3 Å². The van der Waals surface area contributed by atoms with Crippen molar-refractivity contribution in [2.45, 2.75) is 25.0 Å². The number of pyridine rings is 1. The van der Waals surface area contributed by atoms with Gasteiger partial charge in [-0.25, -0.2) is 0 Å². The molecule has 170 valence electrons. The highest BCUT2D eigenvalue weighted by molar-refractivity contribution is 5.80. The van der Waals surface area contributed by atoms with E-state index in [9.17, 15) is 14.7 Å². The van der Waals surface area contributed by atoms with E-state index in [0.29, 0.717) is 18.7 Å². The predicted octanol–water partition coefficient (Wildman–Crippen LogP) is 2.47. The van der Waals surface area contributed by atoms with Crippen molar-refractivity contribution in [2.24, 2.45) is 11.8 Å². The van der Waals surface area contributed by atoms with Gasteiger partial charge in [0.1, 0.15) is 0 Å². The molecule has 1 aromatic heterocycles. The SMILES string of the molecule is CN1[C@@H]2c3ccc(-c4ccccc4)c(=O)n3C[C@H]1[C@H](CO)[C@H]2C(=O)NCCc1ccccc1. The van der Waals surface area contributed by atoms with Gasteiger partial charge in [-0.2, -0.15) is 0 Å². The second-order valence-electron chi connectivity index (χ2n) is 9.03. The molecule has 2 aliphatic rings. The lowest BCUT2D eigenvalue weighted by Crippen LogP contribution is -2.44. The van der Waals surface area contributed by atoms with E-state index in [1.165, 1.54) is 5.56 Å². The molecule has 3 aromatic rings. The third-order valence-electron chi connectivity index (χ3n) is 7.29. The summed E-state index contributed by atoms with van der Waals surface area (Å²) in [6, 6.07) is 23.3. The average molecular weight is 444 g/mol.